The van der Waals surface area contributed by atoms with E-state index in [-0.39, 0.29) is 23.8 Å². The van der Waals surface area contributed by atoms with Gasteiger partial charge in [-0.15, -0.1) is 0 Å². The van der Waals surface area contributed by atoms with E-state index in [0.29, 0.717) is 30.5 Å². The number of pyridine rings is 1. The zero-order chi connectivity index (χ0) is 27.2. The summed E-state index contributed by atoms with van der Waals surface area (Å²) >= 11 is 0. The van der Waals surface area contributed by atoms with Crippen molar-refractivity contribution in [2.24, 2.45) is 0 Å². The highest BCUT2D eigenvalue weighted by Gasteiger charge is 2.26. The molecule has 0 bridgehead atoms. The largest absolute Gasteiger partial charge is 0.309 e. The third kappa shape index (κ3) is 6.78. The highest BCUT2D eigenvalue weighted by molar-refractivity contribution is 5.98. The van der Waals surface area contributed by atoms with Crippen molar-refractivity contribution in [3.63, 3.8) is 0 Å². The lowest BCUT2D eigenvalue weighted by molar-refractivity contribution is -0.117. The van der Waals surface area contributed by atoms with Gasteiger partial charge in [0.05, 0.1) is 18.4 Å². The second-order valence-corrected chi connectivity index (χ2v) is 10.3. The van der Waals surface area contributed by atoms with Crippen LogP contribution < -0.4 is 10.6 Å². The molecule has 1 aliphatic heterocycles. The van der Waals surface area contributed by atoms with Crippen LogP contribution >= 0.6 is 0 Å². The first-order valence-electron chi connectivity index (χ1n) is 13.5. The predicted octanol–water partition coefficient (Wildman–Crippen LogP) is 4.96. The van der Waals surface area contributed by atoms with Gasteiger partial charge in [-0.05, 0) is 62.4 Å². The Balaban J connectivity index is 1.15. The maximum Gasteiger partial charge on any atom is 0.249 e. The molecule has 0 spiro atoms. The Morgan fingerprint density at radius 3 is 2.79 bits per heavy atom. The third-order valence-corrected chi connectivity index (χ3v) is 7.43. The van der Waals surface area contributed by atoms with E-state index in [0.717, 1.165) is 41.8 Å². The van der Waals surface area contributed by atoms with Crippen LogP contribution in [0.2, 0.25) is 0 Å². The highest BCUT2D eigenvalue weighted by atomic mass is 16.2. The molecule has 3 heterocycles. The van der Waals surface area contributed by atoms with Gasteiger partial charge in [-0.1, -0.05) is 30.3 Å². The van der Waals surface area contributed by atoms with E-state index < -0.39 is 0 Å². The van der Waals surface area contributed by atoms with Crippen LogP contribution in [0.15, 0.2) is 60.8 Å². The monoisotopic (exact) mass is 523 g/mol. The lowest BCUT2D eigenvalue weighted by Crippen LogP contribution is -2.29. The molecule has 2 unspecified atom stereocenters. The fraction of sp³-hybridized carbons (Fsp3) is 0.367. The van der Waals surface area contributed by atoms with Crippen LogP contribution in [-0.4, -0.2) is 51.0 Å². The van der Waals surface area contributed by atoms with E-state index in [1.54, 1.807) is 12.3 Å². The minimum atomic E-state index is -0.361. The second-order valence-electron chi connectivity index (χ2n) is 10.3. The second kappa shape index (κ2) is 12.0. The summed E-state index contributed by atoms with van der Waals surface area (Å²) in [5.74, 6) is 0.849. The van der Waals surface area contributed by atoms with E-state index in [9.17, 15) is 9.59 Å². The Kier molecular flexibility index (Phi) is 8.13. The Labute approximate surface area is 228 Å². The van der Waals surface area contributed by atoms with Crippen molar-refractivity contribution in [1.29, 1.82) is 5.26 Å². The number of aromatic nitrogens is 3. The highest BCUT2D eigenvalue weighted by Crippen LogP contribution is 2.39. The molecule has 1 aliphatic carbocycles. The van der Waals surface area contributed by atoms with E-state index in [1.165, 1.54) is 18.9 Å². The molecule has 5 rings (SSSR count). The number of hydrogen-bond donors (Lipinski definition) is 3. The number of amides is 2. The molecule has 2 atom stereocenters. The topological polar surface area (TPSA) is 127 Å². The summed E-state index contributed by atoms with van der Waals surface area (Å²) < 4.78 is 0. The number of nitrogens with one attached hydrogen (secondary N) is 3. The number of nitrogens with zero attached hydrogens (tertiary/aromatic N) is 4. The van der Waals surface area contributed by atoms with Crippen LogP contribution in [0.25, 0.3) is 11.1 Å². The summed E-state index contributed by atoms with van der Waals surface area (Å²) in [6, 6.07) is 15.9. The zero-order valence-corrected chi connectivity index (χ0v) is 22.1. The Morgan fingerprint density at radius 1 is 1.15 bits per heavy atom. The number of likely N-dealkylation sites (tertiary alicyclic amines) is 1. The maximum absolute atomic E-state index is 12.9. The molecular formula is C30H33N7O2. The molecule has 9 nitrogen and oxygen atoms in total. The molecule has 1 saturated carbocycles. The maximum atomic E-state index is 12.9. The molecule has 1 aromatic carbocycles. The normalized spacial score (nSPS) is 18.1. The average molecular weight is 524 g/mol. The molecule has 2 amide bonds. The van der Waals surface area contributed by atoms with E-state index in [1.807, 2.05) is 49.4 Å². The number of anilines is 2. The van der Waals surface area contributed by atoms with Crippen molar-refractivity contribution >= 4 is 23.5 Å². The first-order valence-corrected chi connectivity index (χ1v) is 13.5. The van der Waals surface area contributed by atoms with Gasteiger partial charge in [0.25, 0.3) is 0 Å². The average Bonchev–Trinajstić information content (AvgIpc) is 3.54. The number of H-pyrrole nitrogens is 1. The van der Waals surface area contributed by atoms with Gasteiger partial charge in [-0.3, -0.25) is 19.6 Å². The van der Waals surface area contributed by atoms with Crippen molar-refractivity contribution < 1.29 is 9.59 Å². The van der Waals surface area contributed by atoms with E-state index in [2.05, 4.69) is 36.8 Å². The first-order chi connectivity index (χ1) is 19.0. The first kappa shape index (κ1) is 26.3. The minimum Gasteiger partial charge on any atom is -0.309 e. The molecule has 2 aliphatic rings. The van der Waals surface area contributed by atoms with Crippen LogP contribution in [0.5, 0.6) is 0 Å². The van der Waals surface area contributed by atoms with Gasteiger partial charge in [0.2, 0.25) is 11.8 Å². The van der Waals surface area contributed by atoms with Gasteiger partial charge in [-0.2, -0.15) is 10.4 Å². The Morgan fingerprint density at radius 2 is 2.03 bits per heavy atom. The molecule has 1 saturated heterocycles. The molecule has 0 radical (unpaired) electrons. The number of benzene rings is 1. The van der Waals surface area contributed by atoms with Crippen LogP contribution in [-0.2, 0) is 9.59 Å². The molecular weight excluding hydrogens is 490 g/mol. The number of carbonyl (C=O) groups is 2. The smallest absolute Gasteiger partial charge is 0.249 e. The summed E-state index contributed by atoms with van der Waals surface area (Å²) in [6.07, 6.45) is 10.0. The third-order valence-electron chi connectivity index (χ3n) is 7.43. The molecule has 200 valence electrons. The number of rotatable bonds is 10. The molecule has 2 fully saturated rings. The van der Waals surface area contributed by atoms with Crippen LogP contribution in [0.3, 0.4) is 0 Å². The van der Waals surface area contributed by atoms with Crippen molar-refractivity contribution in [3.05, 3.63) is 72.1 Å². The summed E-state index contributed by atoms with van der Waals surface area (Å²) in [6.45, 7) is 3.49. The van der Waals surface area contributed by atoms with E-state index in [4.69, 9.17) is 5.26 Å². The van der Waals surface area contributed by atoms with Crippen molar-refractivity contribution in [2.75, 3.05) is 23.7 Å². The van der Waals surface area contributed by atoms with E-state index >= 15 is 0 Å². The molecule has 3 aromatic rings. The summed E-state index contributed by atoms with van der Waals surface area (Å²) in [5, 5.41) is 21.9. The lowest BCUT2D eigenvalue weighted by atomic mass is 9.96. The number of aromatic amines is 1. The van der Waals surface area contributed by atoms with Crippen LogP contribution in [0.4, 0.5) is 11.6 Å². The Hall–Kier alpha value is -4.29. The fourth-order valence-corrected chi connectivity index (χ4v) is 4.95. The van der Waals surface area contributed by atoms with Gasteiger partial charge in [0, 0.05) is 48.1 Å². The predicted molar refractivity (Wildman–Crippen MR) is 150 cm³/mol. The van der Waals surface area contributed by atoms with Crippen LogP contribution in [0, 0.1) is 11.3 Å². The van der Waals surface area contributed by atoms with Crippen molar-refractivity contribution in [1.82, 2.24) is 20.1 Å². The SMILES string of the molecule is CC(C(=O)Nc1cc(C2CC2)[nH]n1)c1cccc(-c2ccc(NC(=O)/C=C/CN3CCCC3CC#N)nc2)c1. The summed E-state index contributed by atoms with van der Waals surface area (Å²) in [5.41, 5.74) is 3.79. The Bertz CT molecular complexity index is 1380. The van der Waals surface area contributed by atoms with Gasteiger partial charge in [0.15, 0.2) is 5.82 Å². The standard InChI is InChI=1S/C30H33N7O2/c1-20(30(39)34-28-18-26(35-36-28)21-9-10-21)22-5-2-6-23(17-22)24-11-12-27(32-19-24)33-29(38)8-4-16-37-15-3-7-25(37)13-14-31/h2,4-6,8,11-12,17-21,25H,3,7,9-10,13,15-16H2,1H3,(H,32,33,38)(H2,34,35,36,39)/b8-4+. The van der Waals surface area contributed by atoms with Crippen LogP contribution in [0.1, 0.15) is 62.1 Å². The number of carbonyl (C=O) groups excluding carboxylic acids is 2. The summed E-state index contributed by atoms with van der Waals surface area (Å²) in [7, 11) is 0. The van der Waals surface area contributed by atoms with Crippen molar-refractivity contribution in [2.45, 2.75) is 56.9 Å². The van der Waals surface area contributed by atoms with Gasteiger partial charge in [0.1, 0.15) is 5.82 Å². The molecule has 9 heteroatoms. The molecule has 2 aromatic heterocycles. The molecule has 3 N–H and O–H groups in total. The number of hydrogen-bond acceptors (Lipinski definition) is 6. The lowest BCUT2D eigenvalue weighted by Gasteiger charge is -2.20. The van der Waals surface area contributed by atoms with Gasteiger partial charge >= 0.3 is 0 Å². The zero-order valence-electron chi connectivity index (χ0n) is 22.1. The fourth-order valence-electron chi connectivity index (χ4n) is 4.95. The van der Waals surface area contributed by atoms with Gasteiger partial charge < -0.3 is 10.6 Å². The summed E-state index contributed by atoms with van der Waals surface area (Å²) in [4.78, 5) is 31.8. The number of nitriles is 1. The van der Waals surface area contributed by atoms with Gasteiger partial charge in [-0.25, -0.2) is 4.98 Å². The quantitative estimate of drug-likeness (QED) is 0.322. The molecule has 39 heavy (non-hydrogen) atoms. The van der Waals surface area contributed by atoms with Crippen molar-refractivity contribution in [3.8, 4) is 17.2 Å². The minimum absolute atomic E-state index is 0.115.